The van der Waals surface area contributed by atoms with E-state index in [0.29, 0.717) is 12.8 Å². The van der Waals surface area contributed by atoms with Gasteiger partial charge < -0.3 is 18.6 Å². The fourth-order valence-electron chi connectivity index (χ4n) is 5.34. The minimum atomic E-state index is -2.18. The first-order valence-electron chi connectivity index (χ1n) is 15.5. The van der Waals surface area contributed by atoms with Gasteiger partial charge in [0.25, 0.3) is 0 Å². The van der Waals surface area contributed by atoms with Gasteiger partial charge in [-0.3, -0.25) is 4.79 Å². The third-order valence-corrected chi connectivity index (χ3v) is 13.4. The number of benzene rings is 3. The highest BCUT2D eigenvalue weighted by atomic mass is 28.4. The standard InChI is InChI=1S/C37H52O5Si/c1-27-33(39-5)25-32(26-34(27)40-6)36(42-43(8,9)37(2,3)4)31(20-14-17-28-15-11-10-12-16-28)24-30-19-13-18-29(23-30)21-22-35(38)41-7/h10-13,15-16,18-19,23,25-26,31,36H,14,17,20-22,24H2,1-9H3. The van der Waals surface area contributed by atoms with Crippen LogP contribution in [0.4, 0.5) is 0 Å². The Balaban J connectivity index is 2.06. The predicted molar refractivity (Wildman–Crippen MR) is 179 cm³/mol. The molecule has 3 aromatic rings. The molecular formula is C37H52O5Si. The van der Waals surface area contributed by atoms with Gasteiger partial charge in [0.15, 0.2) is 8.32 Å². The molecule has 0 radical (unpaired) electrons. The van der Waals surface area contributed by atoms with Crippen LogP contribution in [0.5, 0.6) is 11.5 Å². The summed E-state index contributed by atoms with van der Waals surface area (Å²) in [6.07, 6.45) is 4.82. The van der Waals surface area contributed by atoms with Gasteiger partial charge >= 0.3 is 5.97 Å². The molecule has 0 aromatic heterocycles. The van der Waals surface area contributed by atoms with Crippen LogP contribution in [-0.4, -0.2) is 35.6 Å². The number of esters is 1. The smallest absolute Gasteiger partial charge is 0.305 e. The number of ether oxygens (including phenoxy) is 3. The average Bonchev–Trinajstić information content (AvgIpc) is 2.98. The van der Waals surface area contributed by atoms with E-state index < -0.39 is 8.32 Å². The second-order valence-electron chi connectivity index (χ2n) is 13.1. The quantitative estimate of drug-likeness (QED) is 0.128. The molecule has 5 nitrogen and oxygen atoms in total. The third kappa shape index (κ3) is 9.70. The highest BCUT2D eigenvalue weighted by Gasteiger charge is 2.41. The molecule has 0 saturated heterocycles. The average molecular weight is 605 g/mol. The van der Waals surface area contributed by atoms with Gasteiger partial charge in [0.1, 0.15) is 11.5 Å². The molecule has 0 aliphatic heterocycles. The van der Waals surface area contributed by atoms with Crippen molar-refractivity contribution in [2.75, 3.05) is 21.3 Å². The van der Waals surface area contributed by atoms with Crippen LogP contribution >= 0.6 is 0 Å². The molecule has 3 aromatic carbocycles. The largest absolute Gasteiger partial charge is 0.496 e. The lowest BCUT2D eigenvalue weighted by Gasteiger charge is -2.42. The second kappa shape index (κ2) is 15.6. The fourth-order valence-corrected chi connectivity index (χ4v) is 6.66. The Morgan fingerprint density at radius 1 is 0.814 bits per heavy atom. The van der Waals surface area contributed by atoms with E-state index >= 15 is 0 Å². The van der Waals surface area contributed by atoms with Crippen molar-refractivity contribution in [3.8, 4) is 11.5 Å². The number of hydrogen-bond donors (Lipinski definition) is 0. The first-order chi connectivity index (χ1) is 20.4. The molecule has 0 heterocycles. The van der Waals surface area contributed by atoms with Crippen LogP contribution in [0.25, 0.3) is 0 Å². The van der Waals surface area contributed by atoms with Gasteiger partial charge in [-0.05, 0) is 97.5 Å². The Morgan fingerprint density at radius 3 is 2.00 bits per heavy atom. The van der Waals surface area contributed by atoms with Crippen molar-refractivity contribution in [1.82, 2.24) is 0 Å². The van der Waals surface area contributed by atoms with E-state index in [2.05, 4.69) is 101 Å². The zero-order chi connectivity index (χ0) is 31.6. The van der Waals surface area contributed by atoms with Crippen LogP contribution in [0.15, 0.2) is 66.7 Å². The molecule has 6 heteroatoms. The molecule has 3 rings (SSSR count). The molecule has 0 bridgehead atoms. The number of hydrogen-bond acceptors (Lipinski definition) is 5. The van der Waals surface area contributed by atoms with Crippen LogP contribution in [0.3, 0.4) is 0 Å². The number of aryl methyl sites for hydroxylation is 2. The van der Waals surface area contributed by atoms with Crippen molar-refractivity contribution >= 4 is 14.3 Å². The summed E-state index contributed by atoms with van der Waals surface area (Å²) in [4.78, 5) is 11.8. The number of methoxy groups -OCH3 is 3. The van der Waals surface area contributed by atoms with Gasteiger partial charge in [-0.15, -0.1) is 0 Å². The van der Waals surface area contributed by atoms with Crippen molar-refractivity contribution in [3.63, 3.8) is 0 Å². The Kier molecular flexibility index (Phi) is 12.5. The van der Waals surface area contributed by atoms with E-state index in [4.69, 9.17) is 18.6 Å². The maximum absolute atomic E-state index is 11.8. The van der Waals surface area contributed by atoms with Crippen molar-refractivity contribution in [1.29, 1.82) is 0 Å². The summed E-state index contributed by atoms with van der Waals surface area (Å²) in [6.45, 7) is 13.6. The molecule has 43 heavy (non-hydrogen) atoms. The topological polar surface area (TPSA) is 54.0 Å². The summed E-state index contributed by atoms with van der Waals surface area (Å²) in [7, 11) is 2.69. The van der Waals surface area contributed by atoms with Crippen LogP contribution < -0.4 is 9.47 Å². The first-order valence-corrected chi connectivity index (χ1v) is 18.4. The van der Waals surface area contributed by atoms with Crippen LogP contribution in [0.1, 0.15) is 74.0 Å². The van der Waals surface area contributed by atoms with Crippen LogP contribution in [0.2, 0.25) is 18.1 Å². The van der Waals surface area contributed by atoms with Crippen molar-refractivity contribution in [2.24, 2.45) is 5.92 Å². The molecule has 0 N–H and O–H groups in total. The van der Waals surface area contributed by atoms with E-state index in [1.807, 2.05) is 6.92 Å². The molecule has 0 fully saturated rings. The van der Waals surface area contributed by atoms with Gasteiger partial charge in [0.05, 0.1) is 27.4 Å². The normalized spacial score (nSPS) is 13.3. The Hall–Kier alpha value is -3.09. The zero-order valence-corrected chi connectivity index (χ0v) is 28.8. The summed E-state index contributed by atoms with van der Waals surface area (Å²) < 4.78 is 23.9. The third-order valence-electron chi connectivity index (χ3n) is 8.98. The van der Waals surface area contributed by atoms with E-state index in [0.717, 1.165) is 53.9 Å². The van der Waals surface area contributed by atoms with Gasteiger partial charge in [-0.25, -0.2) is 0 Å². The van der Waals surface area contributed by atoms with Crippen molar-refractivity contribution < 1.29 is 23.4 Å². The van der Waals surface area contributed by atoms with Gasteiger partial charge in [-0.1, -0.05) is 75.4 Å². The molecule has 0 aliphatic carbocycles. The fraction of sp³-hybridized carbons (Fsp3) is 0.486. The Labute approximate surface area is 261 Å². The summed E-state index contributed by atoms with van der Waals surface area (Å²) in [5, 5.41) is 0.0481. The molecule has 0 aliphatic rings. The number of rotatable bonds is 15. The molecule has 0 saturated carbocycles. The maximum Gasteiger partial charge on any atom is 0.305 e. The van der Waals surface area contributed by atoms with Gasteiger partial charge in [0, 0.05) is 12.0 Å². The first kappa shape index (κ1) is 34.4. The number of carbonyl (C=O) groups is 1. The summed E-state index contributed by atoms with van der Waals surface area (Å²) in [5.74, 6) is 1.65. The van der Waals surface area contributed by atoms with E-state index in [-0.39, 0.29) is 23.0 Å². The molecule has 234 valence electrons. The SMILES string of the molecule is COC(=O)CCc1cccc(CC(CCCc2ccccc2)C(O[Si](C)(C)C(C)(C)C)c2cc(OC)c(C)c(OC)c2)c1. The molecule has 2 unspecified atom stereocenters. The monoisotopic (exact) mass is 604 g/mol. The minimum absolute atomic E-state index is 0.0481. The molecular weight excluding hydrogens is 552 g/mol. The van der Waals surface area contributed by atoms with Crippen molar-refractivity contribution in [2.45, 2.75) is 90.5 Å². The van der Waals surface area contributed by atoms with Crippen LogP contribution in [0, 0.1) is 12.8 Å². The zero-order valence-electron chi connectivity index (χ0n) is 27.8. The summed E-state index contributed by atoms with van der Waals surface area (Å²) in [6, 6.07) is 23.6. The highest BCUT2D eigenvalue weighted by molar-refractivity contribution is 6.74. The molecule has 0 amide bonds. The summed E-state index contributed by atoms with van der Waals surface area (Å²) in [5.41, 5.74) is 5.83. The van der Waals surface area contributed by atoms with E-state index in [1.54, 1.807) is 14.2 Å². The molecule has 2 atom stereocenters. The Bertz CT molecular complexity index is 1290. The molecule has 0 spiro atoms. The predicted octanol–water partition coefficient (Wildman–Crippen LogP) is 9.06. The van der Waals surface area contributed by atoms with Crippen molar-refractivity contribution in [3.05, 3.63) is 94.5 Å². The highest BCUT2D eigenvalue weighted by Crippen LogP contribution is 2.45. The van der Waals surface area contributed by atoms with E-state index in [1.165, 1.54) is 18.2 Å². The number of carbonyl (C=O) groups excluding carboxylic acids is 1. The van der Waals surface area contributed by atoms with Gasteiger partial charge in [-0.2, -0.15) is 0 Å². The van der Waals surface area contributed by atoms with Gasteiger partial charge in [0.2, 0.25) is 0 Å². The lowest BCUT2D eigenvalue weighted by molar-refractivity contribution is -0.140. The van der Waals surface area contributed by atoms with E-state index in [9.17, 15) is 4.79 Å². The lowest BCUT2D eigenvalue weighted by atomic mass is 9.84. The maximum atomic E-state index is 11.8. The summed E-state index contributed by atoms with van der Waals surface area (Å²) >= 11 is 0. The lowest BCUT2D eigenvalue weighted by Crippen LogP contribution is -2.43. The second-order valence-corrected chi connectivity index (χ2v) is 17.8. The van der Waals surface area contributed by atoms with Crippen LogP contribution in [-0.2, 0) is 33.2 Å². The minimum Gasteiger partial charge on any atom is -0.496 e. The Morgan fingerprint density at radius 2 is 1.42 bits per heavy atom.